The highest BCUT2D eigenvalue weighted by Crippen LogP contribution is 2.31. The number of halogens is 1. The van der Waals surface area contributed by atoms with Gasteiger partial charge in [-0.15, -0.1) is 0 Å². The molecule has 1 fully saturated rings. The summed E-state index contributed by atoms with van der Waals surface area (Å²) < 4.78 is 26.4. The molecule has 6 nitrogen and oxygen atoms in total. The van der Waals surface area contributed by atoms with E-state index in [-0.39, 0.29) is 21.8 Å². The van der Waals surface area contributed by atoms with Crippen LogP contribution in [0.2, 0.25) is 5.02 Å². The molecule has 2 rings (SSSR count). The number of rotatable bonds is 4. The Morgan fingerprint density at radius 1 is 1.59 bits per heavy atom. The van der Waals surface area contributed by atoms with Crippen LogP contribution in [0.3, 0.4) is 0 Å². The molecule has 94 valence electrons. The topological polar surface area (TPSA) is 97.1 Å². The number of hydrazine groups is 1. The molecular weight excluding hydrogens is 264 g/mol. The van der Waals surface area contributed by atoms with E-state index in [0.29, 0.717) is 5.92 Å². The number of pyridine rings is 1. The maximum absolute atomic E-state index is 11.9. The van der Waals surface area contributed by atoms with Crippen molar-refractivity contribution in [2.75, 3.05) is 5.43 Å². The van der Waals surface area contributed by atoms with Crippen molar-refractivity contribution in [1.82, 2.24) is 9.71 Å². The van der Waals surface area contributed by atoms with Crippen LogP contribution in [0.15, 0.2) is 17.2 Å². The molecule has 0 radical (unpaired) electrons. The zero-order valence-corrected chi connectivity index (χ0v) is 10.7. The van der Waals surface area contributed by atoms with Crippen molar-refractivity contribution in [2.24, 2.45) is 11.8 Å². The summed E-state index contributed by atoms with van der Waals surface area (Å²) in [7, 11) is -3.54. The van der Waals surface area contributed by atoms with Gasteiger partial charge in [0.2, 0.25) is 10.0 Å². The van der Waals surface area contributed by atoms with Crippen LogP contribution in [0, 0.1) is 5.92 Å². The van der Waals surface area contributed by atoms with Crippen LogP contribution in [-0.4, -0.2) is 19.4 Å². The number of hydrogen-bond acceptors (Lipinski definition) is 5. The van der Waals surface area contributed by atoms with Crippen LogP contribution in [0.25, 0.3) is 0 Å². The molecule has 1 aliphatic carbocycles. The van der Waals surface area contributed by atoms with Gasteiger partial charge in [-0.1, -0.05) is 18.5 Å². The third-order valence-electron chi connectivity index (χ3n) is 2.68. The summed E-state index contributed by atoms with van der Waals surface area (Å²) in [6.45, 7) is 1.99. The van der Waals surface area contributed by atoms with Gasteiger partial charge >= 0.3 is 0 Å². The predicted molar refractivity (Wildman–Crippen MR) is 64.9 cm³/mol. The number of sulfonamides is 1. The van der Waals surface area contributed by atoms with Gasteiger partial charge in [-0.25, -0.2) is 24.0 Å². The second kappa shape index (κ2) is 4.41. The summed E-state index contributed by atoms with van der Waals surface area (Å²) in [5.41, 5.74) is 2.28. The SMILES string of the molecule is CC1CC1NS(=O)(=O)c1cnc(NN)c(Cl)c1. The van der Waals surface area contributed by atoms with E-state index in [9.17, 15) is 8.42 Å². The van der Waals surface area contributed by atoms with E-state index >= 15 is 0 Å². The third-order valence-corrected chi connectivity index (χ3v) is 4.42. The molecule has 1 saturated carbocycles. The summed E-state index contributed by atoms with van der Waals surface area (Å²) >= 11 is 5.82. The van der Waals surface area contributed by atoms with Gasteiger partial charge < -0.3 is 5.43 Å². The second-order valence-electron chi connectivity index (χ2n) is 4.09. The Morgan fingerprint density at radius 3 is 2.71 bits per heavy atom. The molecule has 1 aromatic rings. The smallest absolute Gasteiger partial charge is 0.242 e. The van der Waals surface area contributed by atoms with E-state index < -0.39 is 10.0 Å². The summed E-state index contributed by atoms with van der Waals surface area (Å²) in [5.74, 6) is 5.79. The molecular formula is C9H13ClN4O2S. The molecule has 2 atom stereocenters. The van der Waals surface area contributed by atoms with Crippen LogP contribution in [-0.2, 0) is 10.0 Å². The minimum absolute atomic E-state index is 0.0195. The fourth-order valence-corrected chi connectivity index (χ4v) is 3.04. The van der Waals surface area contributed by atoms with E-state index in [1.165, 1.54) is 12.3 Å². The Kier molecular flexibility index (Phi) is 3.26. The number of nitrogen functional groups attached to an aromatic ring is 1. The maximum atomic E-state index is 11.9. The Morgan fingerprint density at radius 2 is 2.24 bits per heavy atom. The standard InChI is InChI=1S/C9H13ClN4O2S/c1-5-2-8(5)14-17(15,16)6-3-7(10)9(13-11)12-4-6/h3-5,8,14H,2,11H2,1H3,(H,12,13). The average Bonchev–Trinajstić information content (AvgIpc) is 2.93. The fourth-order valence-electron chi connectivity index (χ4n) is 1.43. The number of aromatic nitrogens is 1. The van der Waals surface area contributed by atoms with Gasteiger partial charge in [0.25, 0.3) is 0 Å². The average molecular weight is 277 g/mol. The van der Waals surface area contributed by atoms with Crippen LogP contribution in [0.4, 0.5) is 5.82 Å². The molecule has 0 aliphatic heterocycles. The molecule has 0 bridgehead atoms. The van der Waals surface area contributed by atoms with Gasteiger partial charge in [0.05, 0.1) is 5.02 Å². The van der Waals surface area contributed by atoms with Crippen molar-refractivity contribution in [3.8, 4) is 0 Å². The molecule has 2 unspecified atom stereocenters. The quantitative estimate of drug-likeness (QED) is 0.556. The van der Waals surface area contributed by atoms with Crippen molar-refractivity contribution in [1.29, 1.82) is 0 Å². The molecule has 1 aliphatic rings. The van der Waals surface area contributed by atoms with Crippen molar-refractivity contribution in [3.63, 3.8) is 0 Å². The van der Waals surface area contributed by atoms with E-state index in [2.05, 4.69) is 15.1 Å². The van der Waals surface area contributed by atoms with E-state index in [1.54, 1.807) is 0 Å². The summed E-state index contributed by atoms with van der Waals surface area (Å²) in [6, 6.07) is 1.34. The van der Waals surface area contributed by atoms with Crippen LogP contribution >= 0.6 is 11.6 Å². The number of nitrogens with zero attached hydrogens (tertiary/aromatic N) is 1. The second-order valence-corrected chi connectivity index (χ2v) is 6.21. The fraction of sp³-hybridized carbons (Fsp3) is 0.444. The summed E-state index contributed by atoms with van der Waals surface area (Å²) in [6.07, 6.45) is 2.08. The Hall–Kier alpha value is -0.890. The zero-order chi connectivity index (χ0) is 12.6. The molecule has 0 spiro atoms. The van der Waals surface area contributed by atoms with Gasteiger partial charge in [-0.3, -0.25) is 0 Å². The first-order chi connectivity index (χ1) is 7.94. The first-order valence-electron chi connectivity index (χ1n) is 5.08. The summed E-state index contributed by atoms with van der Waals surface area (Å²) in [5, 5.41) is 0.166. The van der Waals surface area contributed by atoms with Crippen LogP contribution in [0.5, 0.6) is 0 Å². The van der Waals surface area contributed by atoms with Gasteiger partial charge in [-0.2, -0.15) is 0 Å². The number of nitrogens with two attached hydrogens (primary N) is 1. The molecule has 0 saturated heterocycles. The molecule has 8 heteroatoms. The summed E-state index contributed by atoms with van der Waals surface area (Å²) in [4.78, 5) is 3.86. The predicted octanol–water partition coefficient (Wildman–Crippen LogP) is 0.707. The minimum Gasteiger partial charge on any atom is -0.307 e. The third kappa shape index (κ3) is 2.68. The van der Waals surface area contributed by atoms with Gasteiger partial charge in [0, 0.05) is 12.2 Å². The van der Waals surface area contributed by atoms with Gasteiger partial charge in [-0.05, 0) is 18.4 Å². The van der Waals surface area contributed by atoms with E-state index in [1.807, 2.05) is 6.92 Å². The van der Waals surface area contributed by atoms with Gasteiger partial charge in [0.15, 0.2) is 5.82 Å². The Labute approximate surface area is 105 Å². The largest absolute Gasteiger partial charge is 0.307 e. The van der Waals surface area contributed by atoms with Crippen molar-refractivity contribution >= 4 is 27.4 Å². The lowest BCUT2D eigenvalue weighted by Gasteiger charge is -2.07. The molecule has 1 heterocycles. The highest BCUT2D eigenvalue weighted by molar-refractivity contribution is 7.89. The van der Waals surface area contributed by atoms with Crippen LogP contribution in [0.1, 0.15) is 13.3 Å². The highest BCUT2D eigenvalue weighted by atomic mass is 35.5. The lowest BCUT2D eigenvalue weighted by molar-refractivity contribution is 0.578. The monoisotopic (exact) mass is 276 g/mol. The van der Waals surface area contributed by atoms with Crippen LogP contribution < -0.4 is 16.0 Å². The number of hydrogen-bond donors (Lipinski definition) is 3. The first kappa shape index (κ1) is 12.6. The molecule has 1 aromatic heterocycles. The van der Waals surface area contributed by atoms with Crippen molar-refractivity contribution in [2.45, 2.75) is 24.3 Å². The normalized spacial score (nSPS) is 23.5. The molecule has 17 heavy (non-hydrogen) atoms. The van der Waals surface area contributed by atoms with E-state index in [4.69, 9.17) is 17.4 Å². The number of anilines is 1. The highest BCUT2D eigenvalue weighted by Gasteiger charge is 2.36. The molecule has 4 N–H and O–H groups in total. The lowest BCUT2D eigenvalue weighted by Crippen LogP contribution is -2.27. The lowest BCUT2D eigenvalue weighted by atomic mass is 10.5. The maximum Gasteiger partial charge on any atom is 0.242 e. The van der Waals surface area contributed by atoms with Crippen molar-refractivity contribution < 1.29 is 8.42 Å². The minimum atomic E-state index is -3.54. The first-order valence-corrected chi connectivity index (χ1v) is 6.94. The Bertz CT molecular complexity index is 534. The number of nitrogens with one attached hydrogen (secondary N) is 2. The van der Waals surface area contributed by atoms with E-state index in [0.717, 1.165) is 6.42 Å². The molecule has 0 amide bonds. The van der Waals surface area contributed by atoms with Gasteiger partial charge in [0.1, 0.15) is 4.90 Å². The molecule has 0 aromatic carbocycles. The van der Waals surface area contributed by atoms with Crippen molar-refractivity contribution in [3.05, 3.63) is 17.3 Å². The zero-order valence-electron chi connectivity index (χ0n) is 9.14. The Balaban J connectivity index is 2.24.